The van der Waals surface area contributed by atoms with E-state index in [1.165, 1.54) is 45.6 Å². The van der Waals surface area contributed by atoms with Crippen LogP contribution in [0.3, 0.4) is 0 Å². The Morgan fingerprint density at radius 1 is 0.889 bits per heavy atom. The van der Waals surface area contributed by atoms with E-state index >= 15 is 0 Å². The van der Waals surface area contributed by atoms with Gasteiger partial charge in [-0.3, -0.25) is 9.69 Å². The van der Waals surface area contributed by atoms with Gasteiger partial charge in [0.15, 0.2) is 0 Å². The number of rotatable bonds is 10. The van der Waals surface area contributed by atoms with Gasteiger partial charge in [-0.15, -0.1) is 0 Å². The number of hydrogen-bond donors (Lipinski definition) is 1. The molecule has 1 N–H and O–H groups in total. The summed E-state index contributed by atoms with van der Waals surface area (Å²) >= 11 is 0. The van der Waals surface area contributed by atoms with Crippen LogP contribution in [0.15, 0.2) is 0 Å². The molecule has 18 heavy (non-hydrogen) atoms. The van der Waals surface area contributed by atoms with E-state index in [2.05, 4.69) is 6.92 Å². The molecule has 0 saturated heterocycles. The van der Waals surface area contributed by atoms with E-state index in [4.69, 9.17) is 5.11 Å². The van der Waals surface area contributed by atoms with Gasteiger partial charge in [-0.05, 0) is 6.42 Å². The molecule has 4 heteroatoms. The van der Waals surface area contributed by atoms with Crippen molar-refractivity contribution in [3.63, 3.8) is 0 Å². The monoisotopic (exact) mass is 257 g/mol. The Bertz CT molecular complexity index is 241. The van der Waals surface area contributed by atoms with E-state index in [0.29, 0.717) is 6.42 Å². The third-order valence-corrected chi connectivity index (χ3v) is 3.16. The van der Waals surface area contributed by atoms with Crippen molar-refractivity contribution in [2.75, 3.05) is 7.05 Å². The molecule has 0 spiro atoms. The van der Waals surface area contributed by atoms with Crippen LogP contribution in [0.25, 0.3) is 0 Å². The van der Waals surface area contributed by atoms with Gasteiger partial charge in [0.25, 0.3) is 0 Å². The maximum absolute atomic E-state index is 11.3. The molecule has 0 aliphatic carbocycles. The van der Waals surface area contributed by atoms with Gasteiger partial charge in [-0.1, -0.05) is 58.3 Å². The summed E-state index contributed by atoms with van der Waals surface area (Å²) in [6.07, 6.45) is 9.90. The number of unbranched alkanes of at least 4 members (excludes halogenated alkanes) is 8. The lowest BCUT2D eigenvalue weighted by Gasteiger charge is -2.10. The molecule has 0 aliphatic rings. The fourth-order valence-corrected chi connectivity index (χ4v) is 1.86. The average molecular weight is 257 g/mol. The minimum absolute atomic E-state index is 0.301. The smallest absolute Gasteiger partial charge is 0.413 e. The van der Waals surface area contributed by atoms with Crippen LogP contribution in [0.4, 0.5) is 4.79 Å². The standard InChI is InChI=1S/C14H27NO3/c1-3-4-5-6-7-8-9-10-11-12-13(16)15(2)14(17)18/h3-12H2,1-2H3,(H,17,18). The lowest BCUT2D eigenvalue weighted by atomic mass is 10.1. The zero-order chi connectivity index (χ0) is 13.8. The van der Waals surface area contributed by atoms with Crippen LogP contribution in [0, 0.1) is 0 Å². The van der Waals surface area contributed by atoms with Gasteiger partial charge in [0.2, 0.25) is 5.91 Å². The molecule has 0 aromatic rings. The Morgan fingerprint density at radius 2 is 1.33 bits per heavy atom. The highest BCUT2D eigenvalue weighted by molar-refractivity contribution is 5.90. The fraction of sp³-hybridized carbons (Fsp3) is 0.857. The second-order valence-electron chi connectivity index (χ2n) is 4.81. The van der Waals surface area contributed by atoms with Crippen LogP contribution >= 0.6 is 0 Å². The number of amides is 2. The first-order chi connectivity index (χ1) is 8.59. The van der Waals surface area contributed by atoms with Crippen molar-refractivity contribution < 1.29 is 14.7 Å². The summed E-state index contributed by atoms with van der Waals surface area (Å²) < 4.78 is 0. The minimum atomic E-state index is -1.17. The van der Waals surface area contributed by atoms with E-state index in [-0.39, 0.29) is 5.91 Å². The third kappa shape index (κ3) is 9.02. The first-order valence-corrected chi connectivity index (χ1v) is 7.09. The normalized spacial score (nSPS) is 10.3. The largest absolute Gasteiger partial charge is 0.465 e. The van der Waals surface area contributed by atoms with Crippen molar-refractivity contribution in [1.29, 1.82) is 0 Å². The fourth-order valence-electron chi connectivity index (χ4n) is 1.86. The van der Waals surface area contributed by atoms with Gasteiger partial charge in [0.1, 0.15) is 0 Å². The Kier molecular flexibility index (Phi) is 10.4. The number of nitrogens with zero attached hydrogens (tertiary/aromatic N) is 1. The molecule has 0 aromatic heterocycles. The molecule has 106 valence electrons. The second kappa shape index (κ2) is 11.1. The van der Waals surface area contributed by atoms with E-state index < -0.39 is 6.09 Å². The van der Waals surface area contributed by atoms with Gasteiger partial charge in [-0.25, -0.2) is 4.79 Å². The highest BCUT2D eigenvalue weighted by Crippen LogP contribution is 2.10. The highest BCUT2D eigenvalue weighted by Gasteiger charge is 2.13. The molecule has 2 amide bonds. The molecule has 0 radical (unpaired) electrons. The predicted molar refractivity (Wildman–Crippen MR) is 72.6 cm³/mol. The van der Waals surface area contributed by atoms with Crippen LogP contribution in [0.5, 0.6) is 0 Å². The van der Waals surface area contributed by atoms with E-state index in [9.17, 15) is 9.59 Å². The highest BCUT2D eigenvalue weighted by atomic mass is 16.4. The molecule has 0 unspecified atom stereocenters. The molecule has 0 fully saturated rings. The Balaban J connectivity index is 3.30. The van der Waals surface area contributed by atoms with Gasteiger partial charge in [-0.2, -0.15) is 0 Å². The molecular weight excluding hydrogens is 230 g/mol. The van der Waals surface area contributed by atoms with Gasteiger partial charge >= 0.3 is 6.09 Å². The van der Waals surface area contributed by atoms with Gasteiger partial charge in [0.05, 0.1) is 0 Å². The number of carboxylic acid groups (broad SMARTS) is 1. The molecule has 0 bridgehead atoms. The molecule has 0 rings (SSSR count). The maximum Gasteiger partial charge on any atom is 0.413 e. The van der Waals surface area contributed by atoms with Gasteiger partial charge < -0.3 is 5.11 Å². The van der Waals surface area contributed by atoms with E-state index in [1.807, 2.05) is 0 Å². The van der Waals surface area contributed by atoms with Crippen LogP contribution in [0.1, 0.15) is 71.1 Å². The van der Waals surface area contributed by atoms with Crippen molar-refractivity contribution >= 4 is 12.0 Å². The third-order valence-electron chi connectivity index (χ3n) is 3.16. The van der Waals surface area contributed by atoms with Crippen LogP contribution in [0.2, 0.25) is 0 Å². The maximum atomic E-state index is 11.3. The number of hydrogen-bond acceptors (Lipinski definition) is 2. The van der Waals surface area contributed by atoms with E-state index in [0.717, 1.165) is 24.2 Å². The van der Waals surface area contributed by atoms with E-state index in [1.54, 1.807) is 0 Å². The lowest BCUT2D eigenvalue weighted by Crippen LogP contribution is -2.31. The van der Waals surface area contributed by atoms with Crippen molar-refractivity contribution in [3.05, 3.63) is 0 Å². The molecule has 0 atom stereocenters. The molecule has 0 saturated carbocycles. The minimum Gasteiger partial charge on any atom is -0.465 e. The van der Waals surface area contributed by atoms with Crippen LogP contribution in [-0.4, -0.2) is 29.1 Å². The van der Waals surface area contributed by atoms with Crippen LogP contribution in [-0.2, 0) is 4.79 Å². The molecular formula is C14H27NO3. The second-order valence-corrected chi connectivity index (χ2v) is 4.81. The molecule has 0 heterocycles. The Morgan fingerprint density at radius 3 is 1.78 bits per heavy atom. The van der Waals surface area contributed by atoms with Crippen molar-refractivity contribution in [2.24, 2.45) is 0 Å². The summed E-state index contributed by atoms with van der Waals surface area (Å²) in [5.41, 5.74) is 0. The SMILES string of the molecule is CCCCCCCCCCCC(=O)N(C)C(=O)O. The molecule has 0 aromatic carbocycles. The van der Waals surface area contributed by atoms with Crippen molar-refractivity contribution in [1.82, 2.24) is 4.90 Å². The Hall–Kier alpha value is -1.06. The Labute approximate surface area is 110 Å². The number of carbonyl (C=O) groups excluding carboxylic acids is 1. The summed E-state index contributed by atoms with van der Waals surface area (Å²) in [5, 5.41) is 8.60. The summed E-state index contributed by atoms with van der Waals surface area (Å²) in [5.74, 6) is -0.301. The summed E-state index contributed by atoms with van der Waals surface area (Å²) in [6, 6.07) is 0. The quantitative estimate of drug-likeness (QED) is 0.601. The first kappa shape index (κ1) is 16.9. The van der Waals surface area contributed by atoms with Crippen molar-refractivity contribution in [3.8, 4) is 0 Å². The average Bonchev–Trinajstić information content (AvgIpc) is 2.35. The zero-order valence-electron chi connectivity index (χ0n) is 11.8. The summed E-state index contributed by atoms with van der Waals surface area (Å²) in [4.78, 5) is 22.6. The summed E-state index contributed by atoms with van der Waals surface area (Å²) in [7, 11) is 1.30. The number of imide groups is 1. The summed E-state index contributed by atoms with van der Waals surface area (Å²) in [6.45, 7) is 2.21. The molecule has 4 nitrogen and oxygen atoms in total. The number of carbonyl (C=O) groups is 2. The van der Waals surface area contributed by atoms with Gasteiger partial charge in [0, 0.05) is 13.5 Å². The topological polar surface area (TPSA) is 57.6 Å². The van der Waals surface area contributed by atoms with Crippen molar-refractivity contribution in [2.45, 2.75) is 71.1 Å². The first-order valence-electron chi connectivity index (χ1n) is 7.09. The lowest BCUT2D eigenvalue weighted by molar-refractivity contribution is -0.128. The molecule has 0 aliphatic heterocycles. The zero-order valence-corrected chi connectivity index (χ0v) is 11.8. The predicted octanol–water partition coefficient (Wildman–Crippen LogP) is 4.04. The van der Waals surface area contributed by atoms with Crippen LogP contribution < -0.4 is 0 Å².